The molecule has 4 heteroatoms. The standard InChI is InChI=1S/C11H11NO2.C2H7N/c1-2-12-7-9(11(13)14)8-5-3-4-6-10(8)12;1-3-2/h3-7H,2H2,1H3,(H,13,14);3H,1-2H3. The zero-order chi connectivity index (χ0) is 12.8. The average Bonchev–Trinajstić information content (AvgIpc) is 2.69. The molecule has 17 heavy (non-hydrogen) atoms. The van der Waals surface area contributed by atoms with Crippen molar-refractivity contribution in [3.05, 3.63) is 36.0 Å². The molecule has 0 aliphatic carbocycles. The SMILES string of the molecule is CCn1cc(C(=O)O)c2ccccc21.CNC. The Balaban J connectivity index is 0.000000437. The van der Waals surface area contributed by atoms with Crippen LogP contribution >= 0.6 is 0 Å². The van der Waals surface area contributed by atoms with Gasteiger partial charge in [-0.25, -0.2) is 4.79 Å². The third-order valence-electron chi connectivity index (χ3n) is 2.36. The summed E-state index contributed by atoms with van der Waals surface area (Å²) in [6, 6.07) is 7.55. The molecule has 0 aliphatic heterocycles. The molecule has 4 nitrogen and oxygen atoms in total. The van der Waals surface area contributed by atoms with Gasteiger partial charge >= 0.3 is 5.97 Å². The van der Waals surface area contributed by atoms with Gasteiger partial charge in [0.15, 0.2) is 0 Å². The number of carboxylic acids is 1. The number of benzene rings is 1. The molecule has 2 rings (SSSR count). The summed E-state index contributed by atoms with van der Waals surface area (Å²) < 4.78 is 1.94. The van der Waals surface area contributed by atoms with Crippen molar-refractivity contribution in [3.63, 3.8) is 0 Å². The van der Waals surface area contributed by atoms with Crippen molar-refractivity contribution in [3.8, 4) is 0 Å². The van der Waals surface area contributed by atoms with Gasteiger partial charge in [0.25, 0.3) is 0 Å². The first-order valence-electron chi connectivity index (χ1n) is 5.55. The predicted octanol–water partition coefficient (Wildman–Crippen LogP) is 2.20. The topological polar surface area (TPSA) is 54.3 Å². The number of fused-ring (bicyclic) bond motifs is 1. The molecule has 1 heterocycles. The van der Waals surface area contributed by atoms with Crippen LogP contribution in [0.3, 0.4) is 0 Å². The van der Waals surface area contributed by atoms with Gasteiger partial charge in [-0.3, -0.25) is 0 Å². The van der Waals surface area contributed by atoms with E-state index in [0.29, 0.717) is 5.56 Å². The van der Waals surface area contributed by atoms with Gasteiger partial charge in [-0.2, -0.15) is 0 Å². The number of aromatic nitrogens is 1. The Morgan fingerprint density at radius 3 is 2.47 bits per heavy atom. The van der Waals surface area contributed by atoms with Gasteiger partial charge in [-0.15, -0.1) is 0 Å². The minimum atomic E-state index is -0.867. The van der Waals surface area contributed by atoms with Crippen LogP contribution in [0.4, 0.5) is 0 Å². The molecular weight excluding hydrogens is 216 g/mol. The van der Waals surface area contributed by atoms with Crippen molar-refractivity contribution in [2.45, 2.75) is 13.5 Å². The number of para-hydroxylation sites is 1. The number of carbonyl (C=O) groups is 1. The molecular formula is C13H18N2O2. The van der Waals surface area contributed by atoms with Crippen molar-refractivity contribution in [2.24, 2.45) is 0 Å². The molecule has 1 aromatic heterocycles. The molecule has 2 N–H and O–H groups in total. The average molecular weight is 234 g/mol. The van der Waals surface area contributed by atoms with Crippen LogP contribution < -0.4 is 5.32 Å². The minimum Gasteiger partial charge on any atom is -0.478 e. The fraction of sp³-hybridized carbons (Fsp3) is 0.308. The second-order valence-corrected chi connectivity index (χ2v) is 3.65. The van der Waals surface area contributed by atoms with E-state index in [9.17, 15) is 4.79 Å². The fourth-order valence-corrected chi connectivity index (χ4v) is 1.68. The van der Waals surface area contributed by atoms with Gasteiger partial charge in [0.1, 0.15) is 0 Å². The maximum Gasteiger partial charge on any atom is 0.337 e. The molecule has 0 atom stereocenters. The third-order valence-corrected chi connectivity index (χ3v) is 2.36. The third kappa shape index (κ3) is 2.85. The summed E-state index contributed by atoms with van der Waals surface area (Å²) in [5.74, 6) is -0.867. The van der Waals surface area contributed by atoms with Gasteiger partial charge in [0.2, 0.25) is 0 Å². The Morgan fingerprint density at radius 1 is 1.35 bits per heavy atom. The Morgan fingerprint density at radius 2 is 1.94 bits per heavy atom. The summed E-state index contributed by atoms with van der Waals surface area (Å²) in [7, 11) is 3.75. The maximum atomic E-state index is 10.9. The van der Waals surface area contributed by atoms with Gasteiger partial charge in [0.05, 0.1) is 5.56 Å². The van der Waals surface area contributed by atoms with Crippen molar-refractivity contribution in [1.29, 1.82) is 0 Å². The van der Waals surface area contributed by atoms with E-state index in [1.54, 1.807) is 6.20 Å². The summed E-state index contributed by atoms with van der Waals surface area (Å²) in [4.78, 5) is 10.9. The lowest BCUT2D eigenvalue weighted by Crippen LogP contribution is -1.94. The van der Waals surface area contributed by atoms with Crippen LogP contribution in [0.2, 0.25) is 0 Å². The maximum absolute atomic E-state index is 10.9. The number of rotatable bonds is 2. The Bertz CT molecular complexity index is 503. The monoisotopic (exact) mass is 234 g/mol. The van der Waals surface area contributed by atoms with Gasteiger partial charge in [0, 0.05) is 23.6 Å². The molecule has 0 aliphatic rings. The Hall–Kier alpha value is -1.81. The number of aryl methyl sites for hydroxylation is 1. The molecule has 92 valence electrons. The zero-order valence-electron chi connectivity index (χ0n) is 10.4. The van der Waals surface area contributed by atoms with E-state index in [2.05, 4.69) is 5.32 Å². The lowest BCUT2D eigenvalue weighted by atomic mass is 10.2. The number of nitrogens with one attached hydrogen (secondary N) is 1. The first-order valence-corrected chi connectivity index (χ1v) is 5.55. The Kier molecular flexibility index (Phi) is 4.72. The van der Waals surface area contributed by atoms with Crippen molar-refractivity contribution >= 4 is 16.9 Å². The summed E-state index contributed by atoms with van der Waals surface area (Å²) in [6.45, 7) is 2.78. The fourth-order valence-electron chi connectivity index (χ4n) is 1.68. The van der Waals surface area contributed by atoms with Crippen LogP contribution in [-0.4, -0.2) is 29.7 Å². The molecule has 0 fully saturated rings. The summed E-state index contributed by atoms with van der Waals surface area (Å²) in [6.07, 6.45) is 1.69. The molecule has 0 saturated carbocycles. The van der Waals surface area contributed by atoms with E-state index in [-0.39, 0.29) is 0 Å². The predicted molar refractivity (Wildman–Crippen MR) is 69.6 cm³/mol. The van der Waals surface area contributed by atoms with E-state index in [1.807, 2.05) is 49.9 Å². The van der Waals surface area contributed by atoms with Crippen LogP contribution in [0, 0.1) is 0 Å². The van der Waals surface area contributed by atoms with E-state index in [1.165, 1.54) is 0 Å². The molecule has 0 amide bonds. The molecule has 1 aromatic carbocycles. The van der Waals surface area contributed by atoms with E-state index in [4.69, 9.17) is 5.11 Å². The molecule has 0 radical (unpaired) electrons. The summed E-state index contributed by atoms with van der Waals surface area (Å²) in [5.41, 5.74) is 1.36. The molecule has 0 unspecified atom stereocenters. The van der Waals surface area contributed by atoms with Crippen LogP contribution in [0.1, 0.15) is 17.3 Å². The van der Waals surface area contributed by atoms with E-state index in [0.717, 1.165) is 17.4 Å². The first kappa shape index (κ1) is 13.3. The number of aromatic carboxylic acids is 1. The number of carboxylic acid groups (broad SMARTS) is 1. The van der Waals surface area contributed by atoms with Crippen molar-refractivity contribution < 1.29 is 9.90 Å². The van der Waals surface area contributed by atoms with Crippen LogP contribution in [0.15, 0.2) is 30.5 Å². The van der Waals surface area contributed by atoms with Gasteiger partial charge in [-0.1, -0.05) is 18.2 Å². The highest BCUT2D eigenvalue weighted by atomic mass is 16.4. The van der Waals surface area contributed by atoms with Crippen molar-refractivity contribution in [2.75, 3.05) is 14.1 Å². The zero-order valence-corrected chi connectivity index (χ0v) is 10.4. The van der Waals surface area contributed by atoms with E-state index >= 15 is 0 Å². The molecule has 0 spiro atoms. The summed E-state index contributed by atoms with van der Waals surface area (Å²) >= 11 is 0. The summed E-state index contributed by atoms with van der Waals surface area (Å²) in [5, 5.41) is 12.5. The first-order chi connectivity index (χ1) is 8.15. The second kappa shape index (κ2) is 6.06. The van der Waals surface area contributed by atoms with E-state index < -0.39 is 5.97 Å². The lowest BCUT2D eigenvalue weighted by molar-refractivity contribution is 0.0699. The number of hydrogen-bond acceptors (Lipinski definition) is 2. The lowest BCUT2D eigenvalue weighted by Gasteiger charge is -1.97. The normalized spacial score (nSPS) is 9.82. The number of nitrogens with zero attached hydrogens (tertiary/aromatic N) is 1. The highest BCUT2D eigenvalue weighted by Crippen LogP contribution is 2.20. The smallest absolute Gasteiger partial charge is 0.337 e. The molecule has 2 aromatic rings. The quantitative estimate of drug-likeness (QED) is 0.837. The van der Waals surface area contributed by atoms with Gasteiger partial charge < -0.3 is 15.0 Å². The highest BCUT2D eigenvalue weighted by Gasteiger charge is 2.12. The molecule has 0 bridgehead atoms. The van der Waals surface area contributed by atoms with Crippen LogP contribution in [0.25, 0.3) is 10.9 Å². The van der Waals surface area contributed by atoms with Gasteiger partial charge in [-0.05, 0) is 27.1 Å². The minimum absolute atomic E-state index is 0.377. The highest BCUT2D eigenvalue weighted by molar-refractivity contribution is 6.03. The second-order valence-electron chi connectivity index (χ2n) is 3.65. The van der Waals surface area contributed by atoms with Crippen molar-refractivity contribution in [1.82, 2.24) is 9.88 Å². The van der Waals surface area contributed by atoms with Crippen LogP contribution in [0.5, 0.6) is 0 Å². The number of hydrogen-bond donors (Lipinski definition) is 2. The largest absolute Gasteiger partial charge is 0.478 e. The molecule has 0 saturated heterocycles. The van der Waals surface area contributed by atoms with Crippen LogP contribution in [-0.2, 0) is 6.54 Å². The Labute approximate surface area is 101 Å².